The lowest BCUT2D eigenvalue weighted by Crippen LogP contribution is -2.35. The summed E-state index contributed by atoms with van der Waals surface area (Å²) in [4.78, 5) is 26.0. The van der Waals surface area contributed by atoms with Crippen molar-refractivity contribution in [2.24, 2.45) is 0 Å². The van der Waals surface area contributed by atoms with Gasteiger partial charge in [0.15, 0.2) is 0 Å². The van der Waals surface area contributed by atoms with Crippen molar-refractivity contribution in [3.8, 4) is 0 Å². The number of nitrogens with one attached hydrogen (secondary N) is 1. The third-order valence-electron chi connectivity index (χ3n) is 3.34. The van der Waals surface area contributed by atoms with Crippen molar-refractivity contribution in [3.05, 3.63) is 63.6 Å². The molecule has 0 aliphatic rings. The third kappa shape index (κ3) is 4.66. The van der Waals surface area contributed by atoms with Crippen molar-refractivity contribution in [1.82, 2.24) is 4.90 Å². The van der Waals surface area contributed by atoms with Crippen LogP contribution in [0.5, 0.6) is 0 Å². The highest BCUT2D eigenvalue weighted by molar-refractivity contribution is 9.10. The Bertz CT molecular complexity index is 723. The van der Waals surface area contributed by atoms with Crippen molar-refractivity contribution >= 4 is 33.4 Å². The van der Waals surface area contributed by atoms with Crippen LogP contribution < -0.4 is 5.32 Å². The number of nitrogens with zero attached hydrogens (tertiary/aromatic N) is 1. The van der Waals surface area contributed by atoms with E-state index >= 15 is 0 Å². The second kappa shape index (κ2) is 7.42. The van der Waals surface area contributed by atoms with Gasteiger partial charge in [-0.2, -0.15) is 0 Å². The quantitative estimate of drug-likeness (QED) is 0.884. The molecule has 0 saturated carbocycles. The van der Waals surface area contributed by atoms with Crippen LogP contribution in [-0.4, -0.2) is 30.3 Å². The minimum Gasteiger partial charge on any atom is -0.332 e. The van der Waals surface area contributed by atoms with Crippen LogP contribution >= 0.6 is 15.9 Å². The van der Waals surface area contributed by atoms with Gasteiger partial charge < -0.3 is 10.2 Å². The minimum atomic E-state index is -0.239. The van der Waals surface area contributed by atoms with E-state index in [0.717, 1.165) is 15.6 Å². The first-order valence-corrected chi connectivity index (χ1v) is 8.04. The monoisotopic (exact) mass is 374 g/mol. The fourth-order valence-corrected chi connectivity index (χ4v) is 2.74. The molecular formula is C18H19BrN2O2. The van der Waals surface area contributed by atoms with Gasteiger partial charge in [-0.15, -0.1) is 0 Å². The van der Waals surface area contributed by atoms with Gasteiger partial charge in [0.2, 0.25) is 5.91 Å². The van der Waals surface area contributed by atoms with Crippen molar-refractivity contribution in [1.29, 1.82) is 0 Å². The molecule has 2 amide bonds. The molecule has 2 rings (SSSR count). The zero-order chi connectivity index (χ0) is 17.0. The highest BCUT2D eigenvalue weighted by atomic mass is 79.9. The first kappa shape index (κ1) is 17.2. The van der Waals surface area contributed by atoms with E-state index in [1.165, 1.54) is 4.90 Å². The van der Waals surface area contributed by atoms with Gasteiger partial charge in [-0.1, -0.05) is 29.3 Å². The molecule has 0 fully saturated rings. The molecule has 0 atom stereocenters. The molecule has 1 N–H and O–H groups in total. The minimum absolute atomic E-state index is 0.00679. The number of carbonyl (C=O) groups excluding carboxylic acids is 2. The Morgan fingerprint density at radius 3 is 2.30 bits per heavy atom. The molecule has 0 bridgehead atoms. The smallest absolute Gasteiger partial charge is 0.254 e. The average molecular weight is 375 g/mol. The number of rotatable bonds is 4. The Kier molecular flexibility index (Phi) is 5.55. The lowest BCUT2D eigenvalue weighted by molar-refractivity contribution is -0.116. The van der Waals surface area contributed by atoms with Crippen LogP contribution in [0.1, 0.15) is 21.5 Å². The molecule has 0 radical (unpaired) electrons. The van der Waals surface area contributed by atoms with Gasteiger partial charge in [0.25, 0.3) is 5.91 Å². The van der Waals surface area contributed by atoms with Gasteiger partial charge in [-0.25, -0.2) is 0 Å². The Morgan fingerprint density at radius 1 is 1.09 bits per heavy atom. The number of anilines is 1. The van der Waals surface area contributed by atoms with E-state index < -0.39 is 0 Å². The number of amides is 2. The Balaban J connectivity index is 2.03. The highest BCUT2D eigenvalue weighted by Gasteiger charge is 2.16. The fourth-order valence-electron chi connectivity index (χ4n) is 2.36. The predicted octanol–water partition coefficient (Wildman–Crippen LogP) is 3.78. The first-order valence-electron chi connectivity index (χ1n) is 7.25. The SMILES string of the molecule is Cc1cc(C)cc(C(=O)N(C)CC(=O)Nc2ccccc2Br)c1. The molecule has 120 valence electrons. The second-order valence-corrected chi connectivity index (χ2v) is 6.42. The average Bonchev–Trinajstić information content (AvgIpc) is 2.47. The van der Waals surface area contributed by atoms with Crippen LogP contribution in [-0.2, 0) is 4.79 Å². The molecule has 0 aromatic heterocycles. The van der Waals surface area contributed by atoms with E-state index in [-0.39, 0.29) is 18.4 Å². The molecule has 0 heterocycles. The zero-order valence-corrected chi connectivity index (χ0v) is 15.0. The number of likely N-dealkylation sites (N-methyl/N-ethyl adjacent to an activating group) is 1. The van der Waals surface area contributed by atoms with Crippen molar-refractivity contribution < 1.29 is 9.59 Å². The van der Waals surface area contributed by atoms with Gasteiger partial charge in [0.05, 0.1) is 12.2 Å². The summed E-state index contributed by atoms with van der Waals surface area (Å²) in [5.41, 5.74) is 3.34. The first-order chi connectivity index (χ1) is 10.9. The number of carbonyl (C=O) groups is 2. The van der Waals surface area contributed by atoms with Crippen molar-refractivity contribution in [2.75, 3.05) is 18.9 Å². The number of benzene rings is 2. The summed E-state index contributed by atoms with van der Waals surface area (Å²) in [6.07, 6.45) is 0. The lowest BCUT2D eigenvalue weighted by Gasteiger charge is -2.18. The van der Waals surface area contributed by atoms with Gasteiger partial charge in [-0.3, -0.25) is 9.59 Å². The largest absolute Gasteiger partial charge is 0.332 e. The van der Waals surface area contributed by atoms with Crippen LogP contribution in [0.25, 0.3) is 0 Å². The molecule has 2 aromatic rings. The van der Waals surface area contributed by atoms with Gasteiger partial charge in [-0.05, 0) is 54.0 Å². The van der Waals surface area contributed by atoms with E-state index in [0.29, 0.717) is 11.3 Å². The molecule has 0 saturated heterocycles. The topological polar surface area (TPSA) is 49.4 Å². The maximum absolute atomic E-state index is 12.4. The lowest BCUT2D eigenvalue weighted by atomic mass is 10.1. The van der Waals surface area contributed by atoms with E-state index in [1.807, 2.05) is 50.2 Å². The van der Waals surface area contributed by atoms with Gasteiger partial charge in [0, 0.05) is 17.1 Å². The maximum Gasteiger partial charge on any atom is 0.254 e. The molecule has 0 spiro atoms. The summed E-state index contributed by atoms with van der Waals surface area (Å²) in [7, 11) is 1.62. The van der Waals surface area contributed by atoms with Crippen molar-refractivity contribution in [2.45, 2.75) is 13.8 Å². The molecule has 0 aliphatic carbocycles. The number of aryl methyl sites for hydroxylation is 2. The summed E-state index contributed by atoms with van der Waals surface area (Å²) in [6.45, 7) is 3.89. The molecule has 0 unspecified atom stereocenters. The predicted molar refractivity (Wildman–Crippen MR) is 95.6 cm³/mol. The van der Waals surface area contributed by atoms with E-state index in [2.05, 4.69) is 21.2 Å². The number of hydrogen-bond donors (Lipinski definition) is 1. The number of para-hydroxylation sites is 1. The second-order valence-electron chi connectivity index (χ2n) is 5.57. The van der Waals surface area contributed by atoms with Crippen LogP contribution in [0.3, 0.4) is 0 Å². The molecule has 0 aliphatic heterocycles. The molecule has 23 heavy (non-hydrogen) atoms. The van der Waals surface area contributed by atoms with E-state index in [4.69, 9.17) is 0 Å². The fraction of sp³-hybridized carbons (Fsp3) is 0.222. The maximum atomic E-state index is 12.4. The molecule has 5 heteroatoms. The Labute approximate surface area is 144 Å². The summed E-state index contributed by atoms with van der Waals surface area (Å²) >= 11 is 3.38. The Hall–Kier alpha value is -2.14. The Morgan fingerprint density at radius 2 is 1.70 bits per heavy atom. The molecular weight excluding hydrogens is 356 g/mol. The zero-order valence-electron chi connectivity index (χ0n) is 13.4. The van der Waals surface area contributed by atoms with E-state index in [9.17, 15) is 9.59 Å². The van der Waals surface area contributed by atoms with E-state index in [1.54, 1.807) is 13.1 Å². The van der Waals surface area contributed by atoms with Gasteiger partial charge in [0.1, 0.15) is 0 Å². The molecule has 4 nitrogen and oxygen atoms in total. The number of hydrogen-bond acceptors (Lipinski definition) is 2. The van der Waals surface area contributed by atoms with Crippen LogP contribution in [0, 0.1) is 13.8 Å². The third-order valence-corrected chi connectivity index (χ3v) is 4.04. The van der Waals surface area contributed by atoms with Crippen molar-refractivity contribution in [3.63, 3.8) is 0 Å². The highest BCUT2D eigenvalue weighted by Crippen LogP contribution is 2.21. The summed E-state index contributed by atoms with van der Waals surface area (Å²) < 4.78 is 0.802. The van der Waals surface area contributed by atoms with Crippen LogP contribution in [0.15, 0.2) is 46.9 Å². The van der Waals surface area contributed by atoms with Crippen LogP contribution in [0.4, 0.5) is 5.69 Å². The summed E-state index contributed by atoms with van der Waals surface area (Å²) in [5.74, 6) is -0.406. The number of halogens is 1. The van der Waals surface area contributed by atoms with Crippen LogP contribution in [0.2, 0.25) is 0 Å². The normalized spacial score (nSPS) is 10.3. The summed E-state index contributed by atoms with van der Waals surface area (Å²) in [6, 6.07) is 13.0. The molecule has 2 aromatic carbocycles. The standard InChI is InChI=1S/C18H19BrN2O2/c1-12-8-13(2)10-14(9-12)18(23)21(3)11-17(22)20-16-7-5-4-6-15(16)19/h4-10H,11H2,1-3H3,(H,20,22). The summed E-state index contributed by atoms with van der Waals surface area (Å²) in [5, 5.41) is 2.79. The van der Waals surface area contributed by atoms with Gasteiger partial charge >= 0.3 is 0 Å².